The molecule has 0 aromatic heterocycles. The van der Waals surface area contributed by atoms with Gasteiger partial charge in [0.05, 0.1) is 0 Å². The van der Waals surface area contributed by atoms with Crippen LogP contribution in [-0.4, -0.2) is 24.0 Å². The fraction of sp³-hybridized carbons (Fsp3) is 0.235. The maximum atomic E-state index is 12.3. The Balaban J connectivity index is 1.61. The molecule has 1 fully saturated rings. The van der Waals surface area contributed by atoms with Gasteiger partial charge in [-0.05, 0) is 36.2 Å². The van der Waals surface area contributed by atoms with Crippen LogP contribution in [0.3, 0.4) is 0 Å². The van der Waals surface area contributed by atoms with Crippen LogP contribution in [0.4, 0.5) is 10.5 Å². The number of hydrogen-bond donors (Lipinski definition) is 1. The standard InChI is InChI=1S/C17H17ClN2O/c18-15-6-8-16(9-7-15)19-17(21)20-11-10-14(12-20)13-4-2-1-3-5-13/h1-9,14H,10-12H2,(H,19,21)/t14-/m1/s1. The monoisotopic (exact) mass is 300 g/mol. The number of amides is 2. The van der Waals surface area contributed by atoms with Crippen LogP contribution in [0.5, 0.6) is 0 Å². The predicted molar refractivity (Wildman–Crippen MR) is 85.8 cm³/mol. The Labute approximate surface area is 129 Å². The molecule has 0 spiro atoms. The van der Waals surface area contributed by atoms with Crippen molar-refractivity contribution in [1.82, 2.24) is 4.90 Å². The first-order valence-electron chi connectivity index (χ1n) is 7.09. The normalized spacial score (nSPS) is 17.8. The molecule has 1 saturated heterocycles. The predicted octanol–water partition coefficient (Wildman–Crippen LogP) is 4.36. The van der Waals surface area contributed by atoms with E-state index < -0.39 is 0 Å². The molecule has 1 aliphatic heterocycles. The van der Waals surface area contributed by atoms with Crippen LogP contribution in [0.15, 0.2) is 54.6 Å². The third-order valence-electron chi connectivity index (χ3n) is 3.84. The van der Waals surface area contributed by atoms with Crippen LogP contribution >= 0.6 is 11.6 Å². The van der Waals surface area contributed by atoms with E-state index in [9.17, 15) is 4.79 Å². The van der Waals surface area contributed by atoms with Crippen molar-refractivity contribution in [1.29, 1.82) is 0 Å². The smallest absolute Gasteiger partial charge is 0.321 e. The van der Waals surface area contributed by atoms with Gasteiger partial charge in [0.25, 0.3) is 0 Å². The number of halogens is 1. The highest BCUT2D eigenvalue weighted by Crippen LogP contribution is 2.27. The number of urea groups is 1. The largest absolute Gasteiger partial charge is 0.324 e. The number of likely N-dealkylation sites (tertiary alicyclic amines) is 1. The summed E-state index contributed by atoms with van der Waals surface area (Å²) in [5.74, 6) is 0.433. The van der Waals surface area contributed by atoms with Crippen LogP contribution in [-0.2, 0) is 0 Å². The molecule has 3 nitrogen and oxygen atoms in total. The molecule has 0 bridgehead atoms. The summed E-state index contributed by atoms with van der Waals surface area (Å²) in [4.78, 5) is 14.1. The molecule has 3 rings (SSSR count). The molecule has 2 amide bonds. The van der Waals surface area contributed by atoms with E-state index in [0.29, 0.717) is 10.9 Å². The zero-order valence-corrected chi connectivity index (χ0v) is 12.4. The molecule has 21 heavy (non-hydrogen) atoms. The lowest BCUT2D eigenvalue weighted by atomic mass is 9.99. The summed E-state index contributed by atoms with van der Waals surface area (Å²) < 4.78 is 0. The van der Waals surface area contributed by atoms with E-state index in [4.69, 9.17) is 11.6 Å². The average Bonchev–Trinajstić information content (AvgIpc) is 3.00. The van der Waals surface area contributed by atoms with E-state index in [1.54, 1.807) is 12.1 Å². The second-order valence-electron chi connectivity index (χ2n) is 5.28. The molecular weight excluding hydrogens is 284 g/mol. The van der Waals surface area contributed by atoms with E-state index in [1.165, 1.54) is 5.56 Å². The van der Waals surface area contributed by atoms with Gasteiger partial charge in [0.15, 0.2) is 0 Å². The van der Waals surface area contributed by atoms with Crippen LogP contribution in [0.2, 0.25) is 5.02 Å². The lowest BCUT2D eigenvalue weighted by Crippen LogP contribution is -2.32. The maximum absolute atomic E-state index is 12.3. The summed E-state index contributed by atoms with van der Waals surface area (Å²) in [6.07, 6.45) is 1.01. The van der Waals surface area contributed by atoms with E-state index in [2.05, 4.69) is 17.4 Å². The first-order valence-corrected chi connectivity index (χ1v) is 7.46. The number of rotatable bonds is 2. The van der Waals surface area contributed by atoms with Crippen molar-refractivity contribution in [3.05, 3.63) is 65.2 Å². The van der Waals surface area contributed by atoms with Crippen molar-refractivity contribution >= 4 is 23.3 Å². The molecule has 0 unspecified atom stereocenters. The van der Waals surface area contributed by atoms with E-state index in [0.717, 1.165) is 25.2 Å². The fourth-order valence-electron chi connectivity index (χ4n) is 2.68. The van der Waals surface area contributed by atoms with Gasteiger partial charge in [0, 0.05) is 29.7 Å². The minimum absolute atomic E-state index is 0.0456. The van der Waals surface area contributed by atoms with Crippen molar-refractivity contribution in [2.24, 2.45) is 0 Å². The van der Waals surface area contributed by atoms with Gasteiger partial charge in [0.2, 0.25) is 0 Å². The molecule has 2 aromatic rings. The number of nitrogens with one attached hydrogen (secondary N) is 1. The van der Waals surface area contributed by atoms with Gasteiger partial charge >= 0.3 is 6.03 Å². The summed E-state index contributed by atoms with van der Waals surface area (Å²) >= 11 is 5.84. The lowest BCUT2D eigenvalue weighted by molar-refractivity contribution is 0.222. The molecule has 0 radical (unpaired) electrons. The van der Waals surface area contributed by atoms with Crippen molar-refractivity contribution in [3.63, 3.8) is 0 Å². The third-order valence-corrected chi connectivity index (χ3v) is 4.09. The van der Waals surface area contributed by atoms with E-state index >= 15 is 0 Å². The second kappa shape index (κ2) is 6.19. The Morgan fingerprint density at radius 3 is 2.52 bits per heavy atom. The SMILES string of the molecule is O=C(Nc1ccc(Cl)cc1)N1CC[C@@H](c2ccccc2)C1. The number of carbonyl (C=O) groups excluding carboxylic acids is 1. The highest BCUT2D eigenvalue weighted by Gasteiger charge is 2.27. The highest BCUT2D eigenvalue weighted by molar-refractivity contribution is 6.30. The van der Waals surface area contributed by atoms with Gasteiger partial charge in [-0.25, -0.2) is 4.79 Å². The Morgan fingerprint density at radius 1 is 1.10 bits per heavy atom. The fourth-order valence-corrected chi connectivity index (χ4v) is 2.80. The Morgan fingerprint density at radius 2 is 1.81 bits per heavy atom. The zero-order valence-electron chi connectivity index (χ0n) is 11.6. The molecule has 2 aromatic carbocycles. The molecule has 1 aliphatic rings. The van der Waals surface area contributed by atoms with Gasteiger partial charge in [-0.15, -0.1) is 0 Å². The summed E-state index contributed by atoms with van der Waals surface area (Å²) in [6, 6.07) is 17.5. The van der Waals surface area contributed by atoms with E-state index in [1.807, 2.05) is 35.2 Å². The first kappa shape index (κ1) is 14.0. The molecular formula is C17H17ClN2O. The van der Waals surface area contributed by atoms with Gasteiger partial charge in [-0.2, -0.15) is 0 Å². The average molecular weight is 301 g/mol. The summed E-state index contributed by atoms with van der Waals surface area (Å²) in [7, 11) is 0. The lowest BCUT2D eigenvalue weighted by Gasteiger charge is -2.17. The molecule has 0 aliphatic carbocycles. The minimum Gasteiger partial charge on any atom is -0.324 e. The van der Waals surface area contributed by atoms with Gasteiger partial charge in [-0.1, -0.05) is 41.9 Å². The highest BCUT2D eigenvalue weighted by atomic mass is 35.5. The first-order chi connectivity index (χ1) is 10.2. The molecule has 1 N–H and O–H groups in total. The van der Waals surface area contributed by atoms with Crippen molar-refractivity contribution in [2.45, 2.75) is 12.3 Å². The van der Waals surface area contributed by atoms with Crippen LogP contribution < -0.4 is 5.32 Å². The number of hydrogen-bond acceptors (Lipinski definition) is 1. The number of benzene rings is 2. The number of anilines is 1. The van der Waals surface area contributed by atoms with Gasteiger partial charge in [-0.3, -0.25) is 0 Å². The molecule has 108 valence electrons. The maximum Gasteiger partial charge on any atom is 0.321 e. The van der Waals surface area contributed by atoms with Gasteiger partial charge < -0.3 is 10.2 Å². The Hall–Kier alpha value is -2.00. The van der Waals surface area contributed by atoms with Crippen molar-refractivity contribution < 1.29 is 4.79 Å². The van der Waals surface area contributed by atoms with Gasteiger partial charge in [0.1, 0.15) is 0 Å². The molecule has 4 heteroatoms. The number of nitrogens with zero attached hydrogens (tertiary/aromatic N) is 1. The van der Waals surface area contributed by atoms with Crippen LogP contribution in [0.25, 0.3) is 0 Å². The minimum atomic E-state index is -0.0456. The Kier molecular flexibility index (Phi) is 4.11. The van der Waals surface area contributed by atoms with Crippen molar-refractivity contribution in [3.8, 4) is 0 Å². The summed E-state index contributed by atoms with van der Waals surface area (Å²) in [5, 5.41) is 3.58. The van der Waals surface area contributed by atoms with Crippen molar-refractivity contribution in [2.75, 3.05) is 18.4 Å². The molecule has 1 heterocycles. The van der Waals surface area contributed by atoms with Crippen LogP contribution in [0.1, 0.15) is 17.9 Å². The van der Waals surface area contributed by atoms with Crippen LogP contribution in [0, 0.1) is 0 Å². The van der Waals surface area contributed by atoms with E-state index in [-0.39, 0.29) is 6.03 Å². The topological polar surface area (TPSA) is 32.3 Å². The summed E-state index contributed by atoms with van der Waals surface area (Å²) in [5.41, 5.74) is 2.08. The summed E-state index contributed by atoms with van der Waals surface area (Å²) in [6.45, 7) is 1.56. The molecule has 1 atom stereocenters. The third kappa shape index (κ3) is 3.37. The quantitative estimate of drug-likeness (QED) is 0.878. The second-order valence-corrected chi connectivity index (χ2v) is 5.72. The number of carbonyl (C=O) groups is 1. The zero-order chi connectivity index (χ0) is 14.7. The Bertz CT molecular complexity index is 612. The molecule has 0 saturated carbocycles.